The van der Waals surface area contributed by atoms with Gasteiger partial charge in [0.15, 0.2) is 0 Å². The molecule has 1 aliphatic rings. The monoisotopic (exact) mass is 511 g/mol. The molecule has 0 saturated carbocycles. The van der Waals surface area contributed by atoms with Crippen molar-refractivity contribution < 1.29 is 14.7 Å². The lowest BCUT2D eigenvalue weighted by atomic mass is 9.91. The second-order valence-electron chi connectivity index (χ2n) is 10.1. The molecule has 0 bridgehead atoms. The molecule has 0 radical (unpaired) electrons. The Labute approximate surface area is 222 Å². The van der Waals surface area contributed by atoms with Crippen molar-refractivity contribution in [3.05, 3.63) is 94.3 Å². The number of phenolic OH excluding ortho intramolecular Hbond substituents is 1. The van der Waals surface area contributed by atoms with E-state index in [9.17, 15) is 14.7 Å². The van der Waals surface area contributed by atoms with Crippen LogP contribution in [0.25, 0.3) is 11.0 Å². The van der Waals surface area contributed by atoms with Crippen molar-refractivity contribution in [2.24, 2.45) is 12.8 Å². The van der Waals surface area contributed by atoms with E-state index in [1.165, 1.54) is 0 Å². The number of nitrogens with two attached hydrogens (primary N) is 1. The normalized spacial score (nSPS) is 15.8. The van der Waals surface area contributed by atoms with Crippen LogP contribution >= 0.6 is 0 Å². The maximum atomic E-state index is 13.7. The Kier molecular flexibility index (Phi) is 6.91. The Bertz CT molecular complexity index is 1500. The lowest BCUT2D eigenvalue weighted by molar-refractivity contribution is -0.142. The van der Waals surface area contributed by atoms with Gasteiger partial charge in [0, 0.05) is 20.0 Å². The number of aryl methyl sites for hydroxylation is 3. The fraction of sp³-hybridized carbons (Fsp3) is 0.300. The summed E-state index contributed by atoms with van der Waals surface area (Å²) in [6, 6.07) is 17.6. The van der Waals surface area contributed by atoms with Crippen LogP contribution in [0.4, 0.5) is 0 Å². The largest absolute Gasteiger partial charge is 0.508 e. The number of hydrogen-bond acceptors (Lipinski definition) is 5. The molecule has 1 aromatic heterocycles. The molecule has 0 saturated heterocycles. The number of imidazole rings is 1. The molecule has 196 valence electrons. The van der Waals surface area contributed by atoms with E-state index in [0.717, 1.165) is 44.7 Å². The van der Waals surface area contributed by atoms with Crippen molar-refractivity contribution in [1.82, 2.24) is 19.8 Å². The van der Waals surface area contributed by atoms with Crippen LogP contribution in [0.5, 0.6) is 5.75 Å². The molecule has 2 heterocycles. The van der Waals surface area contributed by atoms with Crippen molar-refractivity contribution >= 4 is 22.8 Å². The molecule has 8 heteroatoms. The van der Waals surface area contributed by atoms with E-state index < -0.39 is 12.1 Å². The number of rotatable bonds is 6. The summed E-state index contributed by atoms with van der Waals surface area (Å²) >= 11 is 0. The molecule has 0 unspecified atom stereocenters. The van der Waals surface area contributed by atoms with E-state index in [1.807, 2.05) is 74.0 Å². The van der Waals surface area contributed by atoms with Crippen LogP contribution in [0.15, 0.2) is 60.7 Å². The van der Waals surface area contributed by atoms with Crippen LogP contribution in [0.1, 0.15) is 33.6 Å². The highest BCUT2D eigenvalue weighted by atomic mass is 16.3. The standard InChI is InChI=1S/C30H33N5O3/c1-18-12-22(36)13-19(2)23(18)15-24(31)30(38)35-17-21-9-5-4-8-20(21)14-27(35)29(37)32-16-28-33-25-10-6-7-11-26(25)34(28)3/h4-13,24,27,36H,14-17,31H2,1-3H3,(H,32,37)/t24-,27-/m0/s1. The van der Waals surface area contributed by atoms with Crippen molar-refractivity contribution in [2.75, 3.05) is 0 Å². The van der Waals surface area contributed by atoms with Gasteiger partial charge in [-0.3, -0.25) is 9.59 Å². The van der Waals surface area contributed by atoms with Gasteiger partial charge in [-0.1, -0.05) is 36.4 Å². The number of phenols is 1. The molecule has 4 N–H and O–H groups in total. The number of aromatic nitrogens is 2. The summed E-state index contributed by atoms with van der Waals surface area (Å²) in [6.45, 7) is 4.37. The molecular weight excluding hydrogens is 478 g/mol. The van der Waals surface area contributed by atoms with Crippen molar-refractivity contribution in [3.63, 3.8) is 0 Å². The quantitative estimate of drug-likeness (QED) is 0.368. The molecule has 5 rings (SSSR count). The van der Waals surface area contributed by atoms with Gasteiger partial charge in [-0.2, -0.15) is 0 Å². The minimum atomic E-state index is -0.822. The highest BCUT2D eigenvalue weighted by Gasteiger charge is 2.36. The Hall–Kier alpha value is -4.17. The van der Waals surface area contributed by atoms with Gasteiger partial charge in [0.05, 0.1) is 23.6 Å². The summed E-state index contributed by atoms with van der Waals surface area (Å²) in [5.41, 5.74) is 13.1. The third kappa shape index (κ3) is 4.87. The third-order valence-electron chi connectivity index (χ3n) is 7.56. The second kappa shape index (κ2) is 10.3. The van der Waals surface area contributed by atoms with Gasteiger partial charge >= 0.3 is 0 Å². The van der Waals surface area contributed by atoms with Gasteiger partial charge in [-0.15, -0.1) is 0 Å². The highest BCUT2D eigenvalue weighted by molar-refractivity contribution is 5.90. The van der Waals surface area contributed by atoms with Crippen molar-refractivity contribution in [3.8, 4) is 5.75 Å². The zero-order chi connectivity index (χ0) is 27.0. The average molecular weight is 512 g/mol. The van der Waals surface area contributed by atoms with Gasteiger partial charge in [-0.25, -0.2) is 4.98 Å². The number of fused-ring (bicyclic) bond motifs is 2. The molecule has 3 aromatic carbocycles. The van der Waals surface area contributed by atoms with E-state index in [1.54, 1.807) is 17.0 Å². The Balaban J connectivity index is 1.37. The predicted octanol–water partition coefficient (Wildman–Crippen LogP) is 3.04. The minimum absolute atomic E-state index is 0.189. The van der Waals surface area contributed by atoms with Gasteiger partial charge in [0.1, 0.15) is 17.6 Å². The summed E-state index contributed by atoms with van der Waals surface area (Å²) in [6.07, 6.45) is 0.739. The third-order valence-corrected chi connectivity index (χ3v) is 7.56. The average Bonchev–Trinajstić information content (AvgIpc) is 3.23. The number of benzene rings is 3. The number of nitrogens with zero attached hydrogens (tertiary/aromatic N) is 3. The van der Waals surface area contributed by atoms with E-state index >= 15 is 0 Å². The Morgan fingerprint density at radius 2 is 1.74 bits per heavy atom. The molecule has 8 nitrogen and oxygen atoms in total. The van der Waals surface area contributed by atoms with Gasteiger partial charge in [0.25, 0.3) is 0 Å². The number of hydrogen-bond donors (Lipinski definition) is 3. The van der Waals surface area contributed by atoms with Crippen LogP contribution in [-0.4, -0.2) is 43.5 Å². The maximum absolute atomic E-state index is 13.7. The number of aromatic hydroxyl groups is 1. The first-order chi connectivity index (χ1) is 18.2. The van der Waals surface area contributed by atoms with Gasteiger partial charge < -0.3 is 25.6 Å². The molecule has 38 heavy (non-hydrogen) atoms. The van der Waals surface area contributed by atoms with Crippen LogP contribution in [0.2, 0.25) is 0 Å². The zero-order valence-electron chi connectivity index (χ0n) is 21.9. The molecule has 2 atom stereocenters. The lowest BCUT2D eigenvalue weighted by Gasteiger charge is -2.37. The van der Waals surface area contributed by atoms with E-state index in [0.29, 0.717) is 19.4 Å². The summed E-state index contributed by atoms with van der Waals surface area (Å²) in [4.78, 5) is 33.5. The van der Waals surface area contributed by atoms with Crippen LogP contribution in [-0.2, 0) is 42.6 Å². The Morgan fingerprint density at radius 3 is 2.45 bits per heavy atom. The van der Waals surface area contributed by atoms with Gasteiger partial charge in [-0.05, 0) is 72.4 Å². The highest BCUT2D eigenvalue weighted by Crippen LogP contribution is 2.26. The molecular formula is C30H33N5O3. The fourth-order valence-electron chi connectivity index (χ4n) is 5.44. The maximum Gasteiger partial charge on any atom is 0.243 e. The number of para-hydroxylation sites is 2. The first-order valence-electron chi connectivity index (χ1n) is 12.8. The molecule has 0 fully saturated rings. The topological polar surface area (TPSA) is 113 Å². The SMILES string of the molecule is Cc1cc(O)cc(C)c1C[C@H](N)C(=O)N1Cc2ccccc2C[C@H]1C(=O)NCc1nc2ccccc2n1C. The number of nitrogens with one attached hydrogen (secondary N) is 1. The molecule has 2 amide bonds. The summed E-state index contributed by atoms with van der Waals surface area (Å²) in [5, 5.41) is 12.9. The first kappa shape index (κ1) is 25.5. The molecule has 0 aliphatic carbocycles. The summed E-state index contributed by atoms with van der Waals surface area (Å²) in [5.74, 6) is 0.426. The Morgan fingerprint density at radius 1 is 1.08 bits per heavy atom. The van der Waals surface area contributed by atoms with E-state index in [2.05, 4.69) is 10.3 Å². The first-order valence-corrected chi connectivity index (χ1v) is 12.8. The second-order valence-corrected chi connectivity index (χ2v) is 10.1. The fourth-order valence-corrected chi connectivity index (χ4v) is 5.44. The number of carbonyl (C=O) groups excluding carboxylic acids is 2. The lowest BCUT2D eigenvalue weighted by Crippen LogP contribution is -2.56. The summed E-state index contributed by atoms with van der Waals surface area (Å²) < 4.78 is 1.97. The van der Waals surface area contributed by atoms with Crippen LogP contribution < -0.4 is 11.1 Å². The van der Waals surface area contributed by atoms with E-state index in [4.69, 9.17) is 5.73 Å². The van der Waals surface area contributed by atoms with E-state index in [-0.39, 0.29) is 24.1 Å². The minimum Gasteiger partial charge on any atom is -0.508 e. The zero-order valence-corrected chi connectivity index (χ0v) is 21.9. The van der Waals surface area contributed by atoms with Crippen molar-refractivity contribution in [1.29, 1.82) is 0 Å². The summed E-state index contributed by atoms with van der Waals surface area (Å²) in [7, 11) is 1.93. The van der Waals surface area contributed by atoms with Gasteiger partial charge in [0.2, 0.25) is 11.8 Å². The smallest absolute Gasteiger partial charge is 0.243 e. The van der Waals surface area contributed by atoms with Crippen molar-refractivity contribution in [2.45, 2.75) is 51.9 Å². The van der Waals surface area contributed by atoms with Crippen LogP contribution in [0.3, 0.4) is 0 Å². The number of amides is 2. The number of carbonyl (C=O) groups is 2. The molecule has 0 spiro atoms. The molecule has 1 aliphatic heterocycles. The molecule has 4 aromatic rings. The van der Waals surface area contributed by atoms with Crippen LogP contribution in [0, 0.1) is 13.8 Å². The predicted molar refractivity (Wildman–Crippen MR) is 146 cm³/mol.